The molecule has 5 heterocycles. The average Bonchev–Trinajstić information content (AvgIpc) is 3.67. The maximum Gasteiger partial charge on any atom is 0.286 e. The van der Waals surface area contributed by atoms with Gasteiger partial charge in [-0.25, -0.2) is 9.97 Å². The van der Waals surface area contributed by atoms with Crippen LogP contribution in [-0.4, -0.2) is 36.5 Å². The van der Waals surface area contributed by atoms with Crippen LogP contribution in [0.5, 0.6) is 0 Å². The Labute approximate surface area is 225 Å². The van der Waals surface area contributed by atoms with E-state index < -0.39 is 17.5 Å². The van der Waals surface area contributed by atoms with Crippen LogP contribution in [0.15, 0.2) is 29.3 Å². The summed E-state index contributed by atoms with van der Waals surface area (Å²) in [5.41, 5.74) is 5.32. The molecule has 6 rings (SSSR count). The van der Waals surface area contributed by atoms with Gasteiger partial charge < -0.3 is 16.4 Å². The number of aryl methyl sites for hydroxylation is 1. The molecule has 1 aliphatic heterocycles. The van der Waals surface area contributed by atoms with Gasteiger partial charge in [-0.2, -0.15) is 0 Å². The number of nitrogens with one attached hydrogen (secondary N) is 2. The molecule has 1 saturated carbocycles. The lowest BCUT2D eigenvalue weighted by atomic mass is 9.90. The fourth-order valence-corrected chi connectivity index (χ4v) is 7.07. The topological polar surface area (TPSA) is 158 Å². The molecule has 0 aromatic carbocycles. The number of nitrogen functional groups attached to an aromatic ring is 1. The summed E-state index contributed by atoms with van der Waals surface area (Å²) in [5, 5.41) is 15.9. The highest BCUT2D eigenvalue weighted by molar-refractivity contribution is 7.19. The molecule has 4 N–H and O–H groups in total. The number of fused-ring (bicyclic) bond motifs is 2. The number of carbonyl (C=O) groups is 2. The number of anilines is 2. The first kappa shape index (κ1) is 24.6. The quantitative estimate of drug-likeness (QED) is 0.330. The molecule has 38 heavy (non-hydrogen) atoms. The Morgan fingerprint density at radius 1 is 1.05 bits per heavy atom. The Morgan fingerprint density at radius 3 is 2.74 bits per heavy atom. The number of hydrogen-bond acceptors (Lipinski definition) is 10. The van der Waals surface area contributed by atoms with Gasteiger partial charge in [-0.3, -0.25) is 19.0 Å². The highest BCUT2D eigenvalue weighted by Gasteiger charge is 2.31. The summed E-state index contributed by atoms with van der Waals surface area (Å²) in [4.78, 5) is 48.6. The fourth-order valence-electron chi connectivity index (χ4n) is 5.14. The largest absolute Gasteiger partial charge is 0.384 e. The minimum absolute atomic E-state index is 0.0162. The van der Waals surface area contributed by atoms with Crippen LogP contribution in [0.3, 0.4) is 0 Å². The fraction of sp³-hybridized carbons (Fsp3) is 0.400. The Kier molecular flexibility index (Phi) is 6.62. The molecule has 0 spiro atoms. The van der Waals surface area contributed by atoms with E-state index in [1.165, 1.54) is 39.9 Å². The zero-order chi connectivity index (χ0) is 26.2. The lowest BCUT2D eigenvalue weighted by molar-refractivity contribution is -0.124. The molecule has 0 bridgehead atoms. The van der Waals surface area contributed by atoms with Gasteiger partial charge in [0.25, 0.3) is 11.5 Å². The second-order valence-electron chi connectivity index (χ2n) is 9.63. The third-order valence-corrected chi connectivity index (χ3v) is 9.26. The van der Waals surface area contributed by atoms with Crippen molar-refractivity contribution >= 4 is 56.1 Å². The molecule has 2 aliphatic rings. The van der Waals surface area contributed by atoms with Crippen molar-refractivity contribution in [1.29, 1.82) is 0 Å². The number of hydrogen-bond donors (Lipinski definition) is 3. The number of rotatable bonds is 6. The normalized spacial score (nSPS) is 17.4. The highest BCUT2D eigenvalue weighted by atomic mass is 32.1. The Balaban J connectivity index is 1.15. The number of nitrogens with two attached hydrogens (primary N) is 1. The van der Waals surface area contributed by atoms with E-state index >= 15 is 0 Å². The smallest absolute Gasteiger partial charge is 0.286 e. The molecule has 0 unspecified atom stereocenters. The number of carbonyl (C=O) groups excluding carboxylic acids is 2. The van der Waals surface area contributed by atoms with E-state index in [0.717, 1.165) is 45.7 Å². The van der Waals surface area contributed by atoms with Crippen molar-refractivity contribution in [3.05, 3.63) is 55.6 Å². The third-order valence-electron chi connectivity index (χ3n) is 7.07. The molecule has 11 nitrogen and oxygen atoms in total. The molecule has 13 heteroatoms. The monoisotopic (exact) mass is 550 g/mol. The number of aromatic nitrogens is 5. The first-order valence-electron chi connectivity index (χ1n) is 12.6. The molecule has 196 valence electrons. The lowest BCUT2D eigenvalue weighted by Gasteiger charge is -2.18. The maximum atomic E-state index is 13.3. The number of amides is 2. The second kappa shape index (κ2) is 10.2. The molecule has 4 aromatic heterocycles. The Hall–Kier alpha value is -3.71. The van der Waals surface area contributed by atoms with E-state index in [4.69, 9.17) is 5.73 Å². The molecule has 0 saturated heterocycles. The van der Waals surface area contributed by atoms with Crippen LogP contribution in [0.1, 0.15) is 76.0 Å². The number of nitrogens with zero attached hydrogens (tertiary/aromatic N) is 5. The van der Waals surface area contributed by atoms with Gasteiger partial charge in [0.05, 0.1) is 12.7 Å². The standard InChI is InChI=1S/C25H26N8O3S2/c26-19-9-18-14(10-27-19)8-15(37-18)11-29-21(34)17-6-7-20-28-12-16(25(36)33(17)20)30-22(35)24-32-31-23(38-24)13-4-2-1-3-5-13/h8-10,12-13,17H,1-7,11H2,(H2,26,27)(H,29,34)(H,30,35)/t17-/m0/s1. The molecule has 4 aromatic rings. The minimum atomic E-state index is -0.701. The molecule has 2 amide bonds. The molecule has 1 aliphatic carbocycles. The van der Waals surface area contributed by atoms with Gasteiger partial charge in [-0.05, 0) is 31.4 Å². The summed E-state index contributed by atoms with van der Waals surface area (Å²) >= 11 is 2.80. The van der Waals surface area contributed by atoms with Crippen molar-refractivity contribution in [2.24, 2.45) is 0 Å². The van der Waals surface area contributed by atoms with Gasteiger partial charge in [0.2, 0.25) is 10.9 Å². The molecule has 1 atom stereocenters. The van der Waals surface area contributed by atoms with E-state index in [9.17, 15) is 14.4 Å². The van der Waals surface area contributed by atoms with Gasteiger partial charge in [0.15, 0.2) is 0 Å². The predicted molar refractivity (Wildman–Crippen MR) is 145 cm³/mol. The summed E-state index contributed by atoms with van der Waals surface area (Å²) in [6.45, 7) is 0.322. The summed E-state index contributed by atoms with van der Waals surface area (Å²) in [6, 6.07) is 3.06. The van der Waals surface area contributed by atoms with Crippen LogP contribution in [-0.2, 0) is 17.8 Å². The summed E-state index contributed by atoms with van der Waals surface area (Å²) < 4.78 is 2.38. The van der Waals surface area contributed by atoms with Crippen molar-refractivity contribution in [2.75, 3.05) is 11.1 Å². The van der Waals surface area contributed by atoms with Gasteiger partial charge in [0, 0.05) is 33.5 Å². The van der Waals surface area contributed by atoms with Crippen molar-refractivity contribution in [2.45, 2.75) is 63.5 Å². The van der Waals surface area contributed by atoms with Crippen LogP contribution in [0.2, 0.25) is 0 Å². The van der Waals surface area contributed by atoms with Crippen LogP contribution in [0.25, 0.3) is 10.1 Å². The SMILES string of the molecule is Nc1cc2sc(CNC(=O)[C@@H]3CCc4ncc(NC(=O)c5nnc(C6CCCCC6)s5)c(=O)n43)cc2cn1. The third kappa shape index (κ3) is 4.78. The second-order valence-corrected chi connectivity index (χ2v) is 11.8. The zero-order valence-electron chi connectivity index (χ0n) is 20.5. The predicted octanol–water partition coefficient (Wildman–Crippen LogP) is 3.39. The maximum absolute atomic E-state index is 13.3. The first-order chi connectivity index (χ1) is 18.5. The van der Waals surface area contributed by atoms with Crippen molar-refractivity contribution in [3.8, 4) is 0 Å². The van der Waals surface area contributed by atoms with Gasteiger partial charge >= 0.3 is 0 Å². The molecule has 1 fully saturated rings. The van der Waals surface area contributed by atoms with Crippen LogP contribution >= 0.6 is 22.7 Å². The van der Waals surface area contributed by atoms with Crippen molar-refractivity contribution in [1.82, 2.24) is 30.0 Å². The van der Waals surface area contributed by atoms with Gasteiger partial charge in [-0.15, -0.1) is 21.5 Å². The van der Waals surface area contributed by atoms with E-state index in [1.807, 2.05) is 6.07 Å². The zero-order valence-corrected chi connectivity index (χ0v) is 22.1. The summed E-state index contributed by atoms with van der Waals surface area (Å²) in [5.74, 6) is 0.544. The van der Waals surface area contributed by atoms with Crippen LogP contribution in [0, 0.1) is 0 Å². The van der Waals surface area contributed by atoms with Gasteiger partial charge in [-0.1, -0.05) is 30.6 Å². The number of pyridine rings is 1. The summed E-state index contributed by atoms with van der Waals surface area (Å²) in [6.07, 6.45) is 9.69. The van der Waals surface area contributed by atoms with E-state index in [-0.39, 0.29) is 16.6 Å². The Bertz CT molecular complexity index is 1590. The van der Waals surface area contributed by atoms with E-state index in [2.05, 4.69) is 30.8 Å². The van der Waals surface area contributed by atoms with Crippen molar-refractivity contribution in [3.63, 3.8) is 0 Å². The van der Waals surface area contributed by atoms with Crippen molar-refractivity contribution < 1.29 is 9.59 Å². The van der Waals surface area contributed by atoms with Crippen LogP contribution in [0.4, 0.5) is 11.5 Å². The molecule has 0 radical (unpaired) electrons. The Morgan fingerprint density at radius 2 is 1.89 bits per heavy atom. The average molecular weight is 551 g/mol. The molecular formula is C25H26N8O3S2. The number of thiophene rings is 1. The van der Waals surface area contributed by atoms with E-state index in [0.29, 0.717) is 36.9 Å². The highest BCUT2D eigenvalue weighted by Crippen LogP contribution is 2.34. The lowest BCUT2D eigenvalue weighted by Crippen LogP contribution is -2.36. The molecular weight excluding hydrogens is 524 g/mol. The van der Waals surface area contributed by atoms with Gasteiger partial charge in [0.1, 0.15) is 28.4 Å². The van der Waals surface area contributed by atoms with E-state index in [1.54, 1.807) is 12.3 Å². The first-order valence-corrected chi connectivity index (χ1v) is 14.3. The van der Waals surface area contributed by atoms with Crippen LogP contribution < -0.4 is 21.9 Å². The summed E-state index contributed by atoms with van der Waals surface area (Å²) in [7, 11) is 0. The minimum Gasteiger partial charge on any atom is -0.384 e.